The molecule has 7 heteroatoms. The molecule has 3 aromatic rings. The minimum absolute atomic E-state index is 0.137. The second-order valence-corrected chi connectivity index (χ2v) is 8.79. The zero-order valence-corrected chi connectivity index (χ0v) is 18.8. The lowest BCUT2D eigenvalue weighted by molar-refractivity contribution is 0.0792. The van der Waals surface area contributed by atoms with E-state index in [1.54, 1.807) is 18.5 Å². The van der Waals surface area contributed by atoms with Crippen LogP contribution in [0, 0.1) is 0 Å². The van der Waals surface area contributed by atoms with Crippen LogP contribution in [0.2, 0.25) is 0 Å². The van der Waals surface area contributed by atoms with Gasteiger partial charge in [0.25, 0.3) is 0 Å². The number of aliphatic hydroxyl groups is 1. The Kier molecular flexibility index (Phi) is 6.81. The van der Waals surface area contributed by atoms with Crippen LogP contribution < -0.4 is 9.47 Å². The molecule has 1 N–H and O–H groups in total. The molecule has 172 valence electrons. The van der Waals surface area contributed by atoms with E-state index in [2.05, 4.69) is 50.1 Å². The summed E-state index contributed by atoms with van der Waals surface area (Å²) in [4.78, 5) is 13.0. The molecule has 7 nitrogen and oxygen atoms in total. The molecule has 3 heterocycles. The molecule has 2 aliphatic rings. The molecule has 0 aliphatic carbocycles. The highest BCUT2D eigenvalue weighted by atomic mass is 16.5. The van der Waals surface area contributed by atoms with Crippen molar-refractivity contribution in [1.29, 1.82) is 0 Å². The summed E-state index contributed by atoms with van der Waals surface area (Å²) >= 11 is 0. The summed E-state index contributed by atoms with van der Waals surface area (Å²) in [6, 6.07) is 16.8. The lowest BCUT2D eigenvalue weighted by Gasteiger charge is -2.29. The third-order valence-electron chi connectivity index (χ3n) is 6.23. The molecule has 0 atom stereocenters. The molecule has 1 fully saturated rings. The first-order valence-corrected chi connectivity index (χ1v) is 11.6. The smallest absolute Gasteiger partial charge is 0.321 e. The number of aliphatic hydroxyl groups excluding tert-OH is 1. The van der Waals surface area contributed by atoms with E-state index >= 15 is 0 Å². The topological polar surface area (TPSA) is 71.0 Å². The summed E-state index contributed by atoms with van der Waals surface area (Å²) in [6.45, 7) is 6.10. The zero-order chi connectivity index (χ0) is 22.5. The van der Waals surface area contributed by atoms with E-state index in [-0.39, 0.29) is 6.10 Å². The van der Waals surface area contributed by atoms with Crippen LogP contribution >= 0.6 is 0 Å². The number of ether oxygens (including phenoxy) is 2. The van der Waals surface area contributed by atoms with E-state index in [1.165, 1.54) is 16.7 Å². The first-order chi connectivity index (χ1) is 16.2. The molecule has 33 heavy (non-hydrogen) atoms. The van der Waals surface area contributed by atoms with Gasteiger partial charge in [0.05, 0.1) is 6.10 Å². The molecule has 0 bridgehead atoms. The minimum atomic E-state index is -0.137. The molecule has 2 aliphatic heterocycles. The number of rotatable bonds is 6. The predicted octanol–water partition coefficient (Wildman–Crippen LogP) is 3.62. The van der Waals surface area contributed by atoms with Crippen LogP contribution in [0.15, 0.2) is 60.9 Å². The number of benzene rings is 2. The average molecular weight is 447 g/mol. The zero-order valence-electron chi connectivity index (χ0n) is 18.8. The lowest BCUT2D eigenvalue weighted by atomic mass is 10.0. The van der Waals surface area contributed by atoms with Gasteiger partial charge in [0.15, 0.2) is 0 Å². The van der Waals surface area contributed by atoms with Crippen molar-refractivity contribution in [2.45, 2.75) is 38.6 Å². The largest absolute Gasteiger partial charge is 0.492 e. The highest BCUT2D eigenvalue weighted by Crippen LogP contribution is 2.27. The van der Waals surface area contributed by atoms with Gasteiger partial charge in [-0.3, -0.25) is 9.80 Å². The Balaban J connectivity index is 1.21. The van der Waals surface area contributed by atoms with Crippen LogP contribution in [0.4, 0.5) is 0 Å². The monoisotopic (exact) mass is 446 g/mol. The van der Waals surface area contributed by atoms with Gasteiger partial charge in [0.2, 0.25) is 0 Å². The van der Waals surface area contributed by atoms with Crippen LogP contribution in [0.25, 0.3) is 0 Å². The van der Waals surface area contributed by atoms with Crippen molar-refractivity contribution in [3.05, 3.63) is 77.6 Å². The Morgan fingerprint density at radius 2 is 1.64 bits per heavy atom. The number of aromatic nitrogens is 2. The molecule has 1 saturated heterocycles. The molecule has 0 saturated carbocycles. The summed E-state index contributed by atoms with van der Waals surface area (Å²) in [7, 11) is 0. The maximum absolute atomic E-state index is 9.75. The highest BCUT2D eigenvalue weighted by molar-refractivity contribution is 5.38. The summed E-state index contributed by atoms with van der Waals surface area (Å²) in [6.07, 6.45) is 4.92. The van der Waals surface area contributed by atoms with Gasteiger partial charge >= 0.3 is 6.01 Å². The fourth-order valence-corrected chi connectivity index (χ4v) is 4.44. The molecule has 0 spiro atoms. The second-order valence-electron chi connectivity index (χ2n) is 8.79. The van der Waals surface area contributed by atoms with Gasteiger partial charge in [0, 0.05) is 57.2 Å². The van der Waals surface area contributed by atoms with E-state index in [0.717, 1.165) is 63.6 Å². The standard InChI is InChI=1S/C26H30N4O3/c31-23-8-12-29(13-9-23)18-21-4-7-25-22(16-21)19-30(14-15-32-25)17-20-2-5-24(6-3-20)33-26-27-10-1-11-28-26/h1-7,10-11,16,23,31H,8-9,12-15,17-19H2. The molecular formula is C26H30N4O3. The number of nitrogens with zero attached hydrogens (tertiary/aromatic N) is 4. The van der Waals surface area contributed by atoms with Gasteiger partial charge in [-0.1, -0.05) is 18.2 Å². The molecular weight excluding hydrogens is 416 g/mol. The molecule has 0 radical (unpaired) electrons. The normalized spacial score (nSPS) is 17.7. The predicted molar refractivity (Wildman–Crippen MR) is 125 cm³/mol. The van der Waals surface area contributed by atoms with Crippen molar-refractivity contribution in [3.8, 4) is 17.5 Å². The maximum Gasteiger partial charge on any atom is 0.321 e. The Bertz CT molecular complexity index is 1040. The summed E-state index contributed by atoms with van der Waals surface area (Å²) in [5.41, 5.74) is 3.77. The van der Waals surface area contributed by atoms with Crippen molar-refractivity contribution >= 4 is 0 Å². The van der Waals surface area contributed by atoms with Crippen LogP contribution in [0.1, 0.15) is 29.5 Å². The van der Waals surface area contributed by atoms with E-state index in [0.29, 0.717) is 12.6 Å². The molecule has 0 unspecified atom stereocenters. The van der Waals surface area contributed by atoms with E-state index in [9.17, 15) is 5.11 Å². The van der Waals surface area contributed by atoms with Crippen molar-refractivity contribution in [1.82, 2.24) is 19.8 Å². The van der Waals surface area contributed by atoms with Gasteiger partial charge in [-0.25, -0.2) is 9.97 Å². The average Bonchev–Trinajstić information content (AvgIpc) is 3.04. The summed E-state index contributed by atoms with van der Waals surface area (Å²) in [5, 5.41) is 9.75. The SMILES string of the molecule is OC1CCN(Cc2ccc3c(c2)CN(Cc2ccc(Oc4ncccn4)cc2)CCO3)CC1. The van der Waals surface area contributed by atoms with Gasteiger partial charge in [-0.15, -0.1) is 0 Å². The molecule has 5 rings (SSSR count). The number of hydrogen-bond donors (Lipinski definition) is 1. The molecule has 2 aromatic carbocycles. The maximum atomic E-state index is 9.75. The lowest BCUT2D eigenvalue weighted by Crippen LogP contribution is -2.35. The first kappa shape index (κ1) is 21.8. The van der Waals surface area contributed by atoms with Gasteiger partial charge in [0.1, 0.15) is 18.1 Å². The Labute approximate surface area is 194 Å². The first-order valence-electron chi connectivity index (χ1n) is 11.6. The number of hydrogen-bond acceptors (Lipinski definition) is 7. The fraction of sp³-hybridized carbons (Fsp3) is 0.385. The van der Waals surface area contributed by atoms with E-state index < -0.39 is 0 Å². The van der Waals surface area contributed by atoms with Crippen molar-refractivity contribution in [2.24, 2.45) is 0 Å². The van der Waals surface area contributed by atoms with Gasteiger partial charge in [-0.05, 0) is 54.3 Å². The Morgan fingerprint density at radius 1 is 0.909 bits per heavy atom. The number of piperidine rings is 1. The van der Waals surface area contributed by atoms with Crippen LogP contribution in [-0.4, -0.2) is 57.2 Å². The molecule has 0 amide bonds. The summed E-state index contributed by atoms with van der Waals surface area (Å²) in [5.74, 6) is 1.71. The van der Waals surface area contributed by atoms with Crippen LogP contribution in [-0.2, 0) is 19.6 Å². The molecule has 1 aromatic heterocycles. The third kappa shape index (κ3) is 5.87. The van der Waals surface area contributed by atoms with E-state index in [4.69, 9.17) is 9.47 Å². The highest BCUT2D eigenvalue weighted by Gasteiger charge is 2.19. The summed E-state index contributed by atoms with van der Waals surface area (Å²) < 4.78 is 11.7. The number of fused-ring (bicyclic) bond motifs is 1. The van der Waals surface area contributed by atoms with Crippen molar-refractivity contribution < 1.29 is 14.6 Å². The quantitative estimate of drug-likeness (QED) is 0.620. The van der Waals surface area contributed by atoms with Gasteiger partial charge in [-0.2, -0.15) is 0 Å². The van der Waals surface area contributed by atoms with Crippen LogP contribution in [0.5, 0.6) is 17.5 Å². The van der Waals surface area contributed by atoms with Crippen LogP contribution in [0.3, 0.4) is 0 Å². The van der Waals surface area contributed by atoms with E-state index in [1.807, 2.05) is 12.1 Å². The second kappa shape index (κ2) is 10.3. The van der Waals surface area contributed by atoms with Crippen molar-refractivity contribution in [3.63, 3.8) is 0 Å². The fourth-order valence-electron chi connectivity index (χ4n) is 4.44. The Morgan fingerprint density at radius 3 is 2.42 bits per heavy atom. The Hall–Kier alpha value is -3.00. The number of likely N-dealkylation sites (tertiary alicyclic amines) is 1. The minimum Gasteiger partial charge on any atom is -0.492 e. The van der Waals surface area contributed by atoms with Crippen molar-refractivity contribution in [2.75, 3.05) is 26.2 Å². The van der Waals surface area contributed by atoms with Gasteiger partial charge < -0.3 is 14.6 Å². The third-order valence-corrected chi connectivity index (χ3v) is 6.23.